The molecule has 0 aliphatic heterocycles. The molecule has 30 heavy (non-hydrogen) atoms. The Labute approximate surface area is 176 Å². The smallest absolute Gasteiger partial charge is 0.352 e. The predicted octanol–water partition coefficient (Wildman–Crippen LogP) is 2.00. The molecule has 9 heteroatoms. The van der Waals surface area contributed by atoms with Gasteiger partial charge in [0.25, 0.3) is 11.5 Å². The van der Waals surface area contributed by atoms with Gasteiger partial charge >= 0.3 is 5.69 Å². The first-order chi connectivity index (χ1) is 14.5. The van der Waals surface area contributed by atoms with Gasteiger partial charge in [0.1, 0.15) is 5.75 Å². The highest BCUT2D eigenvalue weighted by Gasteiger charge is 2.27. The Bertz CT molecular complexity index is 1210. The molecule has 1 aromatic heterocycles. The molecule has 0 saturated heterocycles. The third-order valence-corrected chi connectivity index (χ3v) is 4.99. The molecule has 1 N–H and O–H groups in total. The number of ether oxygens (including phenoxy) is 1. The maximum atomic E-state index is 13.1. The van der Waals surface area contributed by atoms with Crippen LogP contribution < -0.4 is 21.3 Å². The lowest BCUT2D eigenvalue weighted by Gasteiger charge is -2.13. The number of carbonyl (C=O) groups excluding carboxylic acids is 1. The van der Waals surface area contributed by atoms with Gasteiger partial charge in [-0.05, 0) is 54.8 Å². The van der Waals surface area contributed by atoms with Gasteiger partial charge in [0.2, 0.25) is 5.69 Å². The molecule has 1 saturated carbocycles. The molecule has 1 amide bonds. The van der Waals surface area contributed by atoms with Crippen molar-refractivity contribution < 1.29 is 9.53 Å². The van der Waals surface area contributed by atoms with E-state index in [1.807, 2.05) is 0 Å². The molecule has 154 valence electrons. The summed E-state index contributed by atoms with van der Waals surface area (Å²) < 4.78 is 7.25. The minimum atomic E-state index is -0.744. The Kier molecular flexibility index (Phi) is 5.41. The number of amides is 1. The van der Waals surface area contributed by atoms with E-state index in [0.29, 0.717) is 22.0 Å². The van der Waals surface area contributed by atoms with E-state index in [1.54, 1.807) is 48.5 Å². The number of halogens is 1. The van der Waals surface area contributed by atoms with Gasteiger partial charge < -0.3 is 10.1 Å². The van der Waals surface area contributed by atoms with Crippen molar-refractivity contribution in [2.75, 3.05) is 7.11 Å². The van der Waals surface area contributed by atoms with E-state index in [-0.39, 0.29) is 18.3 Å². The summed E-state index contributed by atoms with van der Waals surface area (Å²) in [5, 5.41) is 7.32. The highest BCUT2D eigenvalue weighted by Crippen LogP contribution is 2.19. The maximum Gasteiger partial charge on any atom is 0.352 e. The normalized spacial score (nSPS) is 13.1. The van der Waals surface area contributed by atoms with Gasteiger partial charge in [-0.3, -0.25) is 14.2 Å². The predicted molar refractivity (Wildman–Crippen MR) is 112 cm³/mol. The van der Waals surface area contributed by atoms with E-state index in [4.69, 9.17) is 16.3 Å². The van der Waals surface area contributed by atoms with Gasteiger partial charge in [0, 0.05) is 11.1 Å². The number of carbonyl (C=O) groups is 1. The lowest BCUT2D eigenvalue weighted by Crippen LogP contribution is -2.46. The van der Waals surface area contributed by atoms with Crippen LogP contribution in [0.15, 0.2) is 58.1 Å². The zero-order chi connectivity index (χ0) is 21.3. The molecule has 0 spiro atoms. The summed E-state index contributed by atoms with van der Waals surface area (Å²) in [6.45, 7) is -0.0331. The Morgan fingerprint density at radius 1 is 1.20 bits per heavy atom. The summed E-state index contributed by atoms with van der Waals surface area (Å²) in [5.74, 6) is 0.00365. The summed E-state index contributed by atoms with van der Waals surface area (Å²) in [4.78, 5) is 38.7. The lowest BCUT2D eigenvalue weighted by atomic mass is 10.2. The van der Waals surface area contributed by atoms with Crippen LogP contribution in [0.5, 0.6) is 5.75 Å². The van der Waals surface area contributed by atoms with Gasteiger partial charge in [-0.2, -0.15) is 9.78 Å². The van der Waals surface area contributed by atoms with Crippen molar-refractivity contribution in [3.8, 4) is 11.4 Å². The molecule has 0 atom stereocenters. The van der Waals surface area contributed by atoms with Crippen molar-refractivity contribution in [3.63, 3.8) is 0 Å². The van der Waals surface area contributed by atoms with Crippen molar-refractivity contribution in [2.45, 2.75) is 25.4 Å². The van der Waals surface area contributed by atoms with E-state index in [2.05, 4.69) is 10.4 Å². The van der Waals surface area contributed by atoms with Gasteiger partial charge in [0.05, 0.1) is 19.3 Å². The van der Waals surface area contributed by atoms with Gasteiger partial charge in [0.15, 0.2) is 0 Å². The summed E-state index contributed by atoms with van der Waals surface area (Å²) in [7, 11) is 1.53. The van der Waals surface area contributed by atoms with Crippen LogP contribution in [0.4, 0.5) is 0 Å². The molecule has 4 rings (SSSR count). The first kappa shape index (κ1) is 19.9. The number of nitrogens with zero attached hydrogens (tertiary/aromatic N) is 3. The second-order valence-electron chi connectivity index (χ2n) is 7.01. The molecule has 1 fully saturated rings. The van der Waals surface area contributed by atoms with Crippen LogP contribution in [-0.4, -0.2) is 33.4 Å². The number of benzene rings is 2. The third kappa shape index (κ3) is 4.13. The lowest BCUT2D eigenvalue weighted by molar-refractivity contribution is 0.0941. The Hall–Kier alpha value is -3.39. The monoisotopic (exact) mass is 426 g/mol. The largest absolute Gasteiger partial charge is 0.497 e. The minimum Gasteiger partial charge on any atom is -0.497 e. The molecule has 3 aromatic rings. The maximum absolute atomic E-state index is 13.1. The molecular formula is C21H19ClN4O4. The van der Waals surface area contributed by atoms with Crippen molar-refractivity contribution >= 4 is 17.5 Å². The first-order valence-corrected chi connectivity index (χ1v) is 9.78. The molecule has 1 heterocycles. The molecule has 8 nitrogen and oxygen atoms in total. The summed E-state index contributed by atoms with van der Waals surface area (Å²) in [6.07, 6.45) is 1.72. The topological polar surface area (TPSA) is 95.2 Å². The number of rotatable bonds is 6. The third-order valence-electron chi connectivity index (χ3n) is 4.73. The van der Waals surface area contributed by atoms with Crippen LogP contribution in [-0.2, 0) is 6.54 Å². The summed E-state index contributed by atoms with van der Waals surface area (Å²) >= 11 is 5.94. The number of aromatic nitrogens is 3. The Balaban J connectivity index is 1.85. The molecular weight excluding hydrogens is 408 g/mol. The summed E-state index contributed by atoms with van der Waals surface area (Å²) in [5.41, 5.74) is -0.668. The SMILES string of the molecule is COc1cccc(Cn2c(=O)c(C(=O)NC3CC3)nn(-c3ccc(Cl)cc3)c2=O)c1. The number of hydrogen-bond donors (Lipinski definition) is 1. The number of hydrogen-bond acceptors (Lipinski definition) is 5. The van der Waals surface area contributed by atoms with Crippen LogP contribution in [0.3, 0.4) is 0 Å². The fourth-order valence-corrected chi connectivity index (χ4v) is 3.11. The quantitative estimate of drug-likeness (QED) is 0.650. The van der Waals surface area contributed by atoms with Crippen LogP contribution in [0.25, 0.3) is 5.69 Å². The Morgan fingerprint density at radius 2 is 1.93 bits per heavy atom. The second kappa shape index (κ2) is 8.16. The van der Waals surface area contributed by atoms with Crippen molar-refractivity contribution in [3.05, 3.63) is 85.6 Å². The van der Waals surface area contributed by atoms with E-state index >= 15 is 0 Å². The second-order valence-corrected chi connectivity index (χ2v) is 7.45. The average Bonchev–Trinajstić information content (AvgIpc) is 3.56. The van der Waals surface area contributed by atoms with Gasteiger partial charge in [-0.15, -0.1) is 0 Å². The minimum absolute atomic E-state index is 0.0331. The molecule has 1 aliphatic carbocycles. The first-order valence-electron chi connectivity index (χ1n) is 9.40. The van der Waals surface area contributed by atoms with E-state index in [9.17, 15) is 14.4 Å². The molecule has 2 aromatic carbocycles. The van der Waals surface area contributed by atoms with E-state index in [1.165, 1.54) is 7.11 Å². The summed E-state index contributed by atoms with van der Waals surface area (Å²) in [6, 6.07) is 13.5. The zero-order valence-electron chi connectivity index (χ0n) is 16.2. The van der Waals surface area contributed by atoms with Crippen LogP contribution in [0.2, 0.25) is 5.02 Å². The molecule has 0 unspecified atom stereocenters. The van der Waals surface area contributed by atoms with E-state index < -0.39 is 17.2 Å². The average molecular weight is 427 g/mol. The van der Waals surface area contributed by atoms with Crippen LogP contribution >= 0.6 is 11.6 Å². The number of methoxy groups -OCH3 is 1. The molecule has 0 bridgehead atoms. The van der Waals surface area contributed by atoms with Crippen LogP contribution in [0.1, 0.15) is 28.9 Å². The van der Waals surface area contributed by atoms with Gasteiger partial charge in [-0.25, -0.2) is 4.79 Å². The fourth-order valence-electron chi connectivity index (χ4n) is 2.98. The van der Waals surface area contributed by atoms with Crippen molar-refractivity contribution in [1.82, 2.24) is 19.7 Å². The fraction of sp³-hybridized carbons (Fsp3) is 0.238. The Morgan fingerprint density at radius 3 is 2.60 bits per heavy atom. The van der Waals surface area contributed by atoms with E-state index in [0.717, 1.165) is 22.1 Å². The van der Waals surface area contributed by atoms with Gasteiger partial charge in [-0.1, -0.05) is 23.7 Å². The number of nitrogens with one attached hydrogen (secondary N) is 1. The molecule has 1 aliphatic rings. The van der Waals surface area contributed by atoms with Crippen molar-refractivity contribution in [1.29, 1.82) is 0 Å². The standard InChI is InChI=1S/C21H19ClN4O4/c1-30-17-4-2-3-13(11-17)12-25-20(28)18(19(27)23-15-7-8-15)24-26(21(25)29)16-9-5-14(22)6-10-16/h2-6,9-11,15H,7-8,12H2,1H3,(H,23,27). The zero-order valence-corrected chi connectivity index (χ0v) is 16.9. The highest BCUT2D eigenvalue weighted by molar-refractivity contribution is 6.30. The highest BCUT2D eigenvalue weighted by atomic mass is 35.5. The van der Waals surface area contributed by atoms with Crippen molar-refractivity contribution in [2.24, 2.45) is 0 Å². The van der Waals surface area contributed by atoms with Crippen LogP contribution in [0, 0.1) is 0 Å². The molecule has 0 radical (unpaired) electrons.